The van der Waals surface area contributed by atoms with E-state index in [0.717, 1.165) is 4.90 Å². The van der Waals surface area contributed by atoms with Gasteiger partial charge < -0.3 is 10.0 Å². The van der Waals surface area contributed by atoms with Crippen molar-refractivity contribution >= 4 is 11.9 Å². The number of amides is 1. The summed E-state index contributed by atoms with van der Waals surface area (Å²) in [6.45, 7) is 0.708. The largest absolute Gasteiger partial charge is 0.480 e. The second-order valence-corrected chi connectivity index (χ2v) is 5.34. The maximum absolute atomic E-state index is 12.6. The molecule has 1 saturated heterocycles. The van der Waals surface area contributed by atoms with Crippen molar-refractivity contribution in [3.63, 3.8) is 0 Å². The average Bonchev–Trinajstić information content (AvgIpc) is 3.14. The number of carbonyl (C=O) groups excluding carboxylic acids is 1. The van der Waals surface area contributed by atoms with E-state index in [1.165, 1.54) is 0 Å². The van der Waals surface area contributed by atoms with E-state index in [9.17, 15) is 22.8 Å². The van der Waals surface area contributed by atoms with Crippen molar-refractivity contribution in [2.24, 2.45) is 0 Å². The minimum absolute atomic E-state index is 0.108. The van der Waals surface area contributed by atoms with E-state index in [1.807, 2.05) is 0 Å². The molecule has 1 aliphatic heterocycles. The summed E-state index contributed by atoms with van der Waals surface area (Å²) >= 11 is 0. The van der Waals surface area contributed by atoms with Crippen LogP contribution in [0.25, 0.3) is 0 Å². The Balaban J connectivity index is 1.95. The summed E-state index contributed by atoms with van der Waals surface area (Å²) in [6.07, 6.45) is -2.80. The van der Waals surface area contributed by atoms with Gasteiger partial charge in [0.1, 0.15) is 0 Å². The standard InChI is InChI=1S/C12H17F3N2O3/c13-12(14,15)11(20)17(8-1-2-8)9-3-5-16(6-4-9)7-10(18)19/h8-9H,1-7H2,(H,18,19). The molecule has 2 aliphatic rings. The Hall–Kier alpha value is -1.31. The first-order valence-electron chi connectivity index (χ1n) is 6.62. The SMILES string of the molecule is O=C(O)CN1CCC(N(C(=O)C(F)(F)F)C2CC2)CC1. The molecule has 1 N–H and O–H groups in total. The summed E-state index contributed by atoms with van der Waals surface area (Å²) in [7, 11) is 0. The van der Waals surface area contributed by atoms with Crippen LogP contribution in [-0.4, -0.2) is 64.7 Å². The van der Waals surface area contributed by atoms with Gasteiger partial charge in [0.25, 0.3) is 0 Å². The van der Waals surface area contributed by atoms with E-state index in [2.05, 4.69) is 0 Å². The lowest BCUT2D eigenvalue weighted by atomic mass is 10.0. The molecule has 0 bridgehead atoms. The molecule has 0 aromatic carbocycles. The highest BCUT2D eigenvalue weighted by atomic mass is 19.4. The van der Waals surface area contributed by atoms with Crippen LogP contribution in [0.5, 0.6) is 0 Å². The van der Waals surface area contributed by atoms with Crippen molar-refractivity contribution in [3.05, 3.63) is 0 Å². The Labute approximate surface area is 114 Å². The Morgan fingerprint density at radius 3 is 2.00 bits per heavy atom. The predicted octanol–water partition coefficient (Wildman–Crippen LogP) is 1.09. The monoisotopic (exact) mass is 294 g/mol. The van der Waals surface area contributed by atoms with Gasteiger partial charge in [0.2, 0.25) is 0 Å². The molecule has 0 aromatic rings. The fourth-order valence-corrected chi connectivity index (χ4v) is 2.68. The highest BCUT2D eigenvalue weighted by Gasteiger charge is 2.49. The second-order valence-electron chi connectivity index (χ2n) is 5.34. The van der Waals surface area contributed by atoms with Crippen molar-refractivity contribution in [1.82, 2.24) is 9.80 Å². The van der Waals surface area contributed by atoms with Crippen LogP contribution in [0.1, 0.15) is 25.7 Å². The third-order valence-corrected chi connectivity index (χ3v) is 3.73. The van der Waals surface area contributed by atoms with Crippen LogP contribution >= 0.6 is 0 Å². The van der Waals surface area contributed by atoms with Crippen LogP contribution in [0.15, 0.2) is 0 Å². The number of hydrogen-bond acceptors (Lipinski definition) is 3. The molecule has 2 fully saturated rings. The van der Waals surface area contributed by atoms with Crippen molar-refractivity contribution in [2.45, 2.75) is 43.9 Å². The molecule has 1 aliphatic carbocycles. The van der Waals surface area contributed by atoms with Crippen LogP contribution in [0.2, 0.25) is 0 Å². The number of nitrogens with zero attached hydrogens (tertiary/aromatic N) is 2. The lowest BCUT2D eigenvalue weighted by molar-refractivity contribution is -0.189. The van der Waals surface area contributed by atoms with Crippen molar-refractivity contribution in [3.8, 4) is 0 Å². The summed E-state index contributed by atoms with van der Waals surface area (Å²) in [6, 6.07) is -0.721. The fourth-order valence-electron chi connectivity index (χ4n) is 2.68. The molecule has 0 spiro atoms. The highest BCUT2D eigenvalue weighted by Crippen LogP contribution is 2.35. The molecule has 0 radical (unpaired) electrons. The molecule has 5 nitrogen and oxygen atoms in total. The molecule has 1 saturated carbocycles. The zero-order valence-electron chi connectivity index (χ0n) is 10.9. The zero-order valence-corrected chi connectivity index (χ0v) is 10.9. The van der Waals surface area contributed by atoms with Gasteiger partial charge in [-0.3, -0.25) is 14.5 Å². The van der Waals surface area contributed by atoms with Gasteiger partial charge in [0.05, 0.1) is 6.54 Å². The van der Waals surface area contributed by atoms with E-state index in [0.29, 0.717) is 38.8 Å². The summed E-state index contributed by atoms with van der Waals surface area (Å²) < 4.78 is 37.8. The van der Waals surface area contributed by atoms with Gasteiger partial charge in [-0.15, -0.1) is 0 Å². The summed E-state index contributed by atoms with van der Waals surface area (Å²) in [5.41, 5.74) is 0. The molecule has 0 aromatic heterocycles. The molecule has 2 rings (SSSR count). The number of carboxylic acids is 1. The van der Waals surface area contributed by atoms with Gasteiger partial charge in [-0.1, -0.05) is 0 Å². The zero-order chi connectivity index (χ0) is 14.9. The number of aliphatic carboxylic acids is 1. The second kappa shape index (κ2) is 5.59. The number of halogens is 3. The third kappa shape index (κ3) is 3.62. The van der Waals surface area contributed by atoms with E-state index in [4.69, 9.17) is 5.11 Å². The fraction of sp³-hybridized carbons (Fsp3) is 0.833. The molecule has 1 amide bonds. The Morgan fingerprint density at radius 2 is 1.60 bits per heavy atom. The van der Waals surface area contributed by atoms with E-state index in [1.54, 1.807) is 4.90 Å². The molecule has 8 heteroatoms. The summed E-state index contributed by atoms with van der Waals surface area (Å²) in [5, 5.41) is 8.68. The quantitative estimate of drug-likeness (QED) is 0.843. The first kappa shape index (κ1) is 15.1. The van der Waals surface area contributed by atoms with Crippen molar-refractivity contribution in [2.75, 3.05) is 19.6 Å². The van der Waals surface area contributed by atoms with Crippen molar-refractivity contribution in [1.29, 1.82) is 0 Å². The minimum atomic E-state index is -4.83. The lowest BCUT2D eigenvalue weighted by Gasteiger charge is -2.38. The third-order valence-electron chi connectivity index (χ3n) is 3.73. The predicted molar refractivity (Wildman–Crippen MR) is 63.0 cm³/mol. The topological polar surface area (TPSA) is 60.9 Å². The lowest BCUT2D eigenvalue weighted by Crippen LogP contribution is -2.52. The molecular weight excluding hydrogens is 277 g/mol. The van der Waals surface area contributed by atoms with Gasteiger partial charge in [-0.05, 0) is 25.7 Å². The Morgan fingerprint density at radius 1 is 1.10 bits per heavy atom. The number of hydrogen-bond donors (Lipinski definition) is 1. The van der Waals surface area contributed by atoms with Crippen LogP contribution in [0.3, 0.4) is 0 Å². The Kier molecular flexibility index (Phi) is 4.22. The molecule has 0 unspecified atom stereocenters. The number of alkyl halides is 3. The first-order chi connectivity index (χ1) is 9.29. The molecule has 20 heavy (non-hydrogen) atoms. The molecule has 0 atom stereocenters. The van der Waals surface area contributed by atoms with Gasteiger partial charge >= 0.3 is 18.1 Å². The number of carbonyl (C=O) groups is 2. The normalized spacial score (nSPS) is 21.8. The van der Waals surface area contributed by atoms with Gasteiger partial charge in [-0.2, -0.15) is 13.2 Å². The molecular formula is C12H17F3N2O3. The van der Waals surface area contributed by atoms with Crippen LogP contribution in [0.4, 0.5) is 13.2 Å². The van der Waals surface area contributed by atoms with Crippen LogP contribution in [-0.2, 0) is 9.59 Å². The minimum Gasteiger partial charge on any atom is -0.480 e. The first-order valence-corrected chi connectivity index (χ1v) is 6.62. The molecule has 1 heterocycles. The smallest absolute Gasteiger partial charge is 0.471 e. The van der Waals surface area contributed by atoms with E-state index < -0.39 is 24.1 Å². The van der Waals surface area contributed by atoms with Crippen molar-refractivity contribution < 1.29 is 27.9 Å². The van der Waals surface area contributed by atoms with E-state index in [-0.39, 0.29) is 12.6 Å². The highest BCUT2D eigenvalue weighted by molar-refractivity contribution is 5.82. The molecule has 114 valence electrons. The number of rotatable bonds is 4. The van der Waals surface area contributed by atoms with Gasteiger partial charge in [0.15, 0.2) is 0 Å². The number of likely N-dealkylation sites (tertiary alicyclic amines) is 1. The maximum Gasteiger partial charge on any atom is 0.471 e. The van der Waals surface area contributed by atoms with E-state index >= 15 is 0 Å². The number of piperidine rings is 1. The van der Waals surface area contributed by atoms with Gasteiger partial charge in [0, 0.05) is 25.2 Å². The summed E-state index contributed by atoms with van der Waals surface area (Å²) in [5.74, 6) is -2.70. The van der Waals surface area contributed by atoms with Crippen LogP contribution < -0.4 is 0 Å². The number of carboxylic acid groups (broad SMARTS) is 1. The van der Waals surface area contributed by atoms with Gasteiger partial charge in [-0.25, -0.2) is 0 Å². The summed E-state index contributed by atoms with van der Waals surface area (Å²) in [4.78, 5) is 24.8. The Bertz CT molecular complexity index is 388. The maximum atomic E-state index is 12.6. The van der Waals surface area contributed by atoms with Crippen LogP contribution in [0, 0.1) is 0 Å². The average molecular weight is 294 g/mol.